The zero-order chi connectivity index (χ0) is 9.26. The summed E-state index contributed by atoms with van der Waals surface area (Å²) in [6.07, 6.45) is 3.12. The molecule has 0 aromatic rings. The van der Waals surface area contributed by atoms with Gasteiger partial charge >= 0.3 is 5.97 Å². The van der Waals surface area contributed by atoms with E-state index in [2.05, 4.69) is 15.2 Å². The van der Waals surface area contributed by atoms with Crippen LogP contribution in [0.25, 0.3) is 0 Å². The molecule has 0 aliphatic carbocycles. The highest BCUT2D eigenvalue weighted by Gasteiger charge is 2.25. The quantitative estimate of drug-likeness (QED) is 0.595. The molecule has 0 aromatic carbocycles. The van der Waals surface area contributed by atoms with Gasteiger partial charge in [0.15, 0.2) is 5.70 Å². The van der Waals surface area contributed by atoms with Crippen LogP contribution in [0.15, 0.2) is 38.4 Å². The van der Waals surface area contributed by atoms with Crippen LogP contribution < -0.4 is 0 Å². The Morgan fingerprint density at radius 3 is 3.15 bits per heavy atom. The molecule has 0 radical (unpaired) electrons. The molecule has 0 saturated carbocycles. The van der Waals surface area contributed by atoms with E-state index in [1.165, 1.54) is 0 Å². The zero-order valence-electron chi connectivity index (χ0n) is 7.02. The van der Waals surface area contributed by atoms with Crippen molar-refractivity contribution >= 4 is 12.2 Å². The lowest BCUT2D eigenvalue weighted by atomic mass is 10.2. The highest BCUT2D eigenvalue weighted by atomic mass is 16.5. The first kappa shape index (κ1) is 7.85. The molecule has 2 heterocycles. The maximum absolute atomic E-state index is 11.3. The van der Waals surface area contributed by atoms with Crippen molar-refractivity contribution in [3.8, 4) is 0 Å². The Hall–Kier alpha value is -1.78. The van der Waals surface area contributed by atoms with Crippen LogP contribution in [-0.2, 0) is 9.53 Å². The number of carbonyl (C=O) groups excluding carboxylic acids is 1. The summed E-state index contributed by atoms with van der Waals surface area (Å²) in [4.78, 5) is 15.1. The summed E-state index contributed by atoms with van der Waals surface area (Å²) < 4.78 is 4.79. The van der Waals surface area contributed by atoms with Gasteiger partial charge in [0, 0.05) is 6.21 Å². The van der Waals surface area contributed by atoms with Crippen molar-refractivity contribution in [1.29, 1.82) is 0 Å². The summed E-state index contributed by atoms with van der Waals surface area (Å²) in [5.74, 6) is -0.446. The molecule has 5 nitrogen and oxygen atoms in total. The molecule has 13 heavy (non-hydrogen) atoms. The molecule has 2 aliphatic rings. The largest absolute Gasteiger partial charge is 0.461 e. The van der Waals surface area contributed by atoms with Gasteiger partial charge < -0.3 is 4.74 Å². The first-order valence-electron chi connectivity index (χ1n) is 3.89. The van der Waals surface area contributed by atoms with Crippen LogP contribution in [0.3, 0.4) is 0 Å². The maximum atomic E-state index is 11.3. The van der Waals surface area contributed by atoms with Crippen molar-refractivity contribution in [1.82, 2.24) is 0 Å². The minimum absolute atomic E-state index is 0.245. The highest BCUT2D eigenvalue weighted by molar-refractivity contribution is 6.01. The number of hydrogen-bond donors (Lipinski definition) is 0. The molecule has 5 heteroatoms. The standard InChI is InChI=1S/C8H7N3O2/c1-2-13-8(12)7-5-3-9-4-6(5)10-11-7/h3-4H,2H2,1H3. The molecule has 0 spiro atoms. The fourth-order valence-electron chi connectivity index (χ4n) is 1.09. The Morgan fingerprint density at radius 2 is 2.38 bits per heavy atom. The number of azo groups is 1. The zero-order valence-corrected chi connectivity index (χ0v) is 7.02. The van der Waals surface area contributed by atoms with Crippen molar-refractivity contribution < 1.29 is 9.53 Å². The SMILES string of the molecule is CCOC(=O)C1=C2C=NC=C2N=N1. The topological polar surface area (TPSA) is 63.4 Å². The summed E-state index contributed by atoms with van der Waals surface area (Å²) in [6.45, 7) is 2.08. The van der Waals surface area contributed by atoms with Gasteiger partial charge in [-0.3, -0.25) is 4.99 Å². The monoisotopic (exact) mass is 177 g/mol. The van der Waals surface area contributed by atoms with E-state index in [1.807, 2.05) is 0 Å². The van der Waals surface area contributed by atoms with E-state index in [4.69, 9.17) is 4.74 Å². The molecule has 2 aliphatic heterocycles. The fraction of sp³-hybridized carbons (Fsp3) is 0.250. The lowest BCUT2D eigenvalue weighted by Crippen LogP contribution is -2.07. The van der Waals surface area contributed by atoms with Gasteiger partial charge in [-0.05, 0) is 6.92 Å². The summed E-state index contributed by atoms with van der Waals surface area (Å²) in [7, 11) is 0. The number of ether oxygens (including phenoxy) is 1. The summed E-state index contributed by atoms with van der Waals surface area (Å²) >= 11 is 0. The molecule has 66 valence electrons. The lowest BCUT2D eigenvalue weighted by molar-refractivity contribution is -0.138. The molecule has 0 atom stereocenters. The van der Waals surface area contributed by atoms with Crippen molar-refractivity contribution in [2.45, 2.75) is 6.92 Å². The van der Waals surface area contributed by atoms with E-state index < -0.39 is 5.97 Å². The molecular formula is C8H7N3O2. The molecule has 0 aromatic heterocycles. The van der Waals surface area contributed by atoms with E-state index >= 15 is 0 Å². The third-order valence-corrected chi connectivity index (χ3v) is 1.66. The van der Waals surface area contributed by atoms with Gasteiger partial charge in [-0.1, -0.05) is 0 Å². The molecule has 0 bridgehead atoms. The third kappa shape index (κ3) is 1.18. The van der Waals surface area contributed by atoms with E-state index in [1.54, 1.807) is 19.3 Å². The highest BCUT2D eigenvalue weighted by Crippen LogP contribution is 2.27. The van der Waals surface area contributed by atoms with Crippen molar-refractivity contribution in [3.63, 3.8) is 0 Å². The predicted octanol–water partition coefficient (Wildman–Crippen LogP) is 1.20. The number of hydrogen-bond acceptors (Lipinski definition) is 5. The van der Waals surface area contributed by atoms with Crippen LogP contribution in [0.4, 0.5) is 0 Å². The molecule has 2 rings (SSSR count). The number of nitrogens with zero attached hydrogens (tertiary/aromatic N) is 3. The molecule has 0 amide bonds. The Labute approximate surface area is 74.5 Å². The van der Waals surface area contributed by atoms with Crippen LogP contribution in [0.5, 0.6) is 0 Å². The number of carbonyl (C=O) groups is 1. The van der Waals surface area contributed by atoms with Gasteiger partial charge in [0.2, 0.25) is 0 Å². The third-order valence-electron chi connectivity index (χ3n) is 1.66. The Kier molecular flexibility index (Phi) is 1.77. The Balaban J connectivity index is 2.29. The van der Waals surface area contributed by atoms with Gasteiger partial charge in [-0.25, -0.2) is 4.79 Å². The molecule has 0 fully saturated rings. The van der Waals surface area contributed by atoms with Gasteiger partial charge in [0.05, 0.1) is 18.4 Å². The second kappa shape index (κ2) is 2.93. The average molecular weight is 177 g/mol. The molecule has 0 saturated heterocycles. The number of aliphatic imine (C=N–C) groups is 1. The molecule has 0 unspecified atom stereocenters. The second-order valence-corrected chi connectivity index (χ2v) is 2.48. The smallest absolute Gasteiger partial charge is 0.359 e. The fourth-order valence-corrected chi connectivity index (χ4v) is 1.09. The van der Waals surface area contributed by atoms with Gasteiger partial charge in [-0.2, -0.15) is 0 Å². The van der Waals surface area contributed by atoms with Gasteiger partial charge in [-0.15, -0.1) is 10.2 Å². The first-order valence-corrected chi connectivity index (χ1v) is 3.89. The van der Waals surface area contributed by atoms with Crippen LogP contribution in [0.1, 0.15) is 6.92 Å². The number of fused-ring (bicyclic) bond motifs is 1. The number of esters is 1. The summed E-state index contributed by atoms with van der Waals surface area (Å²) in [5, 5.41) is 7.48. The molecule has 0 N–H and O–H groups in total. The van der Waals surface area contributed by atoms with Crippen LogP contribution in [0, 0.1) is 0 Å². The van der Waals surface area contributed by atoms with Crippen LogP contribution in [-0.4, -0.2) is 18.8 Å². The summed E-state index contributed by atoms with van der Waals surface area (Å²) in [5.41, 5.74) is 1.52. The molecular weight excluding hydrogens is 170 g/mol. The predicted molar refractivity (Wildman–Crippen MR) is 45.1 cm³/mol. The normalized spacial score (nSPS) is 17.8. The first-order chi connectivity index (χ1) is 6.33. The van der Waals surface area contributed by atoms with E-state index in [-0.39, 0.29) is 5.70 Å². The Bertz CT molecular complexity index is 377. The van der Waals surface area contributed by atoms with Crippen LogP contribution in [0.2, 0.25) is 0 Å². The van der Waals surface area contributed by atoms with E-state index in [0.29, 0.717) is 17.9 Å². The van der Waals surface area contributed by atoms with Crippen LogP contribution >= 0.6 is 0 Å². The van der Waals surface area contributed by atoms with Gasteiger partial charge in [0.25, 0.3) is 0 Å². The van der Waals surface area contributed by atoms with Gasteiger partial charge in [0.1, 0.15) is 5.70 Å². The number of rotatable bonds is 2. The van der Waals surface area contributed by atoms with Crippen molar-refractivity contribution in [3.05, 3.63) is 23.2 Å². The Morgan fingerprint density at radius 1 is 1.54 bits per heavy atom. The second-order valence-electron chi connectivity index (χ2n) is 2.48. The minimum Gasteiger partial charge on any atom is -0.461 e. The number of allylic oxidation sites excluding steroid dienone is 1. The van der Waals surface area contributed by atoms with Crippen molar-refractivity contribution in [2.24, 2.45) is 15.2 Å². The average Bonchev–Trinajstić information content (AvgIpc) is 2.62. The lowest BCUT2D eigenvalue weighted by Gasteiger charge is -1.98. The summed E-state index contributed by atoms with van der Waals surface area (Å²) in [6, 6.07) is 0. The van der Waals surface area contributed by atoms with Crippen molar-refractivity contribution in [2.75, 3.05) is 6.61 Å². The maximum Gasteiger partial charge on any atom is 0.359 e. The van der Waals surface area contributed by atoms with E-state index in [9.17, 15) is 4.79 Å². The van der Waals surface area contributed by atoms with E-state index in [0.717, 1.165) is 0 Å². The minimum atomic E-state index is -0.446.